The van der Waals surface area contributed by atoms with Crippen molar-refractivity contribution in [2.75, 3.05) is 19.0 Å². The molecule has 0 fully saturated rings. The topological polar surface area (TPSA) is 50.4 Å². The van der Waals surface area contributed by atoms with Crippen molar-refractivity contribution in [2.24, 2.45) is 0 Å². The molecule has 0 aliphatic rings. The number of nitrogens with one attached hydrogen (secondary N) is 2. The first kappa shape index (κ1) is 16.9. The largest absolute Gasteiger partial charge is 0.497 e. The van der Waals surface area contributed by atoms with Crippen molar-refractivity contribution in [3.8, 4) is 5.75 Å². The molecule has 0 heterocycles. The number of ether oxygens (including phenoxy) is 1. The number of methoxy groups -OCH3 is 1. The summed E-state index contributed by atoms with van der Waals surface area (Å²) in [5.74, 6) is 1.32. The normalized spacial score (nSPS) is 10.4. The highest BCUT2D eigenvalue weighted by molar-refractivity contribution is 5.89. The quantitative estimate of drug-likeness (QED) is 0.840. The molecule has 2 aromatic carbocycles. The fourth-order valence-corrected chi connectivity index (χ4v) is 2.27. The van der Waals surface area contributed by atoms with Crippen LogP contribution in [0.3, 0.4) is 0 Å². The Morgan fingerprint density at radius 3 is 2.52 bits per heavy atom. The lowest BCUT2D eigenvalue weighted by Crippen LogP contribution is -2.30. The number of benzene rings is 2. The van der Waals surface area contributed by atoms with Crippen LogP contribution in [0.2, 0.25) is 0 Å². The van der Waals surface area contributed by atoms with Crippen LogP contribution in [0.1, 0.15) is 30.9 Å². The summed E-state index contributed by atoms with van der Waals surface area (Å²) in [7, 11) is 1.65. The third-order valence-electron chi connectivity index (χ3n) is 3.67. The summed E-state index contributed by atoms with van der Waals surface area (Å²) in [5.41, 5.74) is 3.19. The molecule has 0 radical (unpaired) electrons. The summed E-state index contributed by atoms with van der Waals surface area (Å²) in [6, 6.07) is 15.6. The van der Waals surface area contributed by atoms with Crippen LogP contribution in [-0.4, -0.2) is 19.7 Å². The number of hydrogen-bond acceptors (Lipinski definition) is 2. The molecule has 2 N–H and O–H groups in total. The van der Waals surface area contributed by atoms with Gasteiger partial charge < -0.3 is 15.4 Å². The lowest BCUT2D eigenvalue weighted by atomic mass is 10.0. The minimum atomic E-state index is -0.190. The maximum Gasteiger partial charge on any atom is 0.319 e. The molecule has 0 bridgehead atoms. The number of hydrogen-bond donors (Lipinski definition) is 2. The van der Waals surface area contributed by atoms with Gasteiger partial charge in [-0.3, -0.25) is 0 Å². The summed E-state index contributed by atoms with van der Waals surface area (Å²) in [6.45, 7) is 4.87. The highest BCUT2D eigenvalue weighted by Crippen LogP contribution is 2.17. The van der Waals surface area contributed by atoms with Crippen LogP contribution in [0.5, 0.6) is 5.75 Å². The Bertz CT molecular complexity index is 636. The Balaban J connectivity index is 1.78. The molecule has 2 rings (SSSR count). The highest BCUT2D eigenvalue weighted by Gasteiger charge is 2.03. The molecule has 0 aliphatic heterocycles. The summed E-state index contributed by atoms with van der Waals surface area (Å²) in [6.07, 6.45) is 0.761. The van der Waals surface area contributed by atoms with Crippen LogP contribution in [0.25, 0.3) is 0 Å². The second-order valence-corrected chi connectivity index (χ2v) is 5.76. The predicted molar refractivity (Wildman–Crippen MR) is 94.3 cm³/mol. The first-order valence-corrected chi connectivity index (χ1v) is 7.86. The average molecular weight is 312 g/mol. The van der Waals surface area contributed by atoms with Gasteiger partial charge in [-0.05, 0) is 47.7 Å². The second kappa shape index (κ2) is 8.22. The van der Waals surface area contributed by atoms with E-state index in [2.05, 4.69) is 24.5 Å². The van der Waals surface area contributed by atoms with Crippen LogP contribution in [0.4, 0.5) is 10.5 Å². The van der Waals surface area contributed by atoms with Gasteiger partial charge in [0, 0.05) is 12.2 Å². The molecule has 0 unspecified atom stereocenters. The van der Waals surface area contributed by atoms with Gasteiger partial charge in [-0.25, -0.2) is 4.79 Å². The van der Waals surface area contributed by atoms with E-state index >= 15 is 0 Å². The monoisotopic (exact) mass is 312 g/mol. The van der Waals surface area contributed by atoms with Crippen molar-refractivity contribution in [1.29, 1.82) is 0 Å². The van der Waals surface area contributed by atoms with Crippen molar-refractivity contribution < 1.29 is 9.53 Å². The zero-order valence-corrected chi connectivity index (χ0v) is 13.9. The third kappa shape index (κ3) is 5.33. The van der Waals surface area contributed by atoms with E-state index in [1.54, 1.807) is 7.11 Å². The molecule has 0 aromatic heterocycles. The van der Waals surface area contributed by atoms with E-state index in [9.17, 15) is 4.79 Å². The molecule has 0 atom stereocenters. The van der Waals surface area contributed by atoms with E-state index in [0.29, 0.717) is 12.5 Å². The Labute approximate surface area is 137 Å². The molecule has 2 amide bonds. The Morgan fingerprint density at radius 2 is 1.87 bits per heavy atom. The van der Waals surface area contributed by atoms with E-state index < -0.39 is 0 Å². The summed E-state index contributed by atoms with van der Waals surface area (Å²) >= 11 is 0. The minimum absolute atomic E-state index is 0.190. The van der Waals surface area contributed by atoms with Crippen molar-refractivity contribution in [3.63, 3.8) is 0 Å². The molecule has 4 heteroatoms. The number of amides is 2. The first-order chi connectivity index (χ1) is 11.1. The molecule has 0 saturated carbocycles. The molecular formula is C19H24N2O2. The van der Waals surface area contributed by atoms with Crippen LogP contribution in [0, 0.1) is 0 Å². The predicted octanol–water partition coefficient (Wildman–Crippen LogP) is 4.18. The summed E-state index contributed by atoms with van der Waals surface area (Å²) in [4.78, 5) is 11.9. The third-order valence-corrected chi connectivity index (χ3v) is 3.67. The van der Waals surface area contributed by atoms with Gasteiger partial charge in [0.15, 0.2) is 0 Å². The molecular weight excluding hydrogens is 288 g/mol. The Kier molecular flexibility index (Phi) is 6.03. The maximum atomic E-state index is 11.9. The zero-order chi connectivity index (χ0) is 16.7. The summed E-state index contributed by atoms with van der Waals surface area (Å²) in [5, 5.41) is 5.71. The van der Waals surface area contributed by atoms with Gasteiger partial charge >= 0.3 is 6.03 Å². The van der Waals surface area contributed by atoms with Gasteiger partial charge in [0.25, 0.3) is 0 Å². The molecule has 2 aromatic rings. The maximum absolute atomic E-state index is 11.9. The second-order valence-electron chi connectivity index (χ2n) is 5.76. The van der Waals surface area contributed by atoms with E-state index in [4.69, 9.17) is 4.74 Å². The number of carbonyl (C=O) groups excluding carboxylic acids is 1. The molecule has 0 saturated heterocycles. The van der Waals surface area contributed by atoms with Crippen LogP contribution in [0.15, 0.2) is 48.5 Å². The average Bonchev–Trinajstić information content (AvgIpc) is 2.55. The van der Waals surface area contributed by atoms with E-state index in [1.807, 2.05) is 48.5 Å². The molecule has 4 nitrogen and oxygen atoms in total. The molecule has 0 aliphatic carbocycles. The fourth-order valence-electron chi connectivity index (χ4n) is 2.27. The smallest absolute Gasteiger partial charge is 0.319 e. The molecule has 23 heavy (non-hydrogen) atoms. The van der Waals surface area contributed by atoms with Gasteiger partial charge in [-0.15, -0.1) is 0 Å². The van der Waals surface area contributed by atoms with Gasteiger partial charge in [0.05, 0.1) is 7.11 Å². The van der Waals surface area contributed by atoms with Gasteiger partial charge in [0.1, 0.15) is 5.75 Å². The Morgan fingerprint density at radius 1 is 1.13 bits per heavy atom. The zero-order valence-electron chi connectivity index (χ0n) is 13.9. The number of rotatable bonds is 6. The van der Waals surface area contributed by atoms with Crippen LogP contribution in [-0.2, 0) is 6.42 Å². The van der Waals surface area contributed by atoms with Crippen molar-refractivity contribution in [2.45, 2.75) is 26.2 Å². The van der Waals surface area contributed by atoms with Gasteiger partial charge in [-0.1, -0.05) is 38.1 Å². The lowest BCUT2D eigenvalue weighted by molar-refractivity contribution is 0.252. The standard InChI is InChI=1S/C19H24N2O2/c1-14(2)16-7-9-17(10-8-16)21-19(22)20-12-11-15-5-4-6-18(13-15)23-3/h4-10,13-14H,11-12H2,1-3H3,(H2,20,21,22). The van der Waals surface area contributed by atoms with Crippen LogP contribution >= 0.6 is 0 Å². The van der Waals surface area contributed by atoms with E-state index in [0.717, 1.165) is 23.4 Å². The van der Waals surface area contributed by atoms with E-state index in [1.165, 1.54) is 5.56 Å². The Hall–Kier alpha value is -2.49. The van der Waals surface area contributed by atoms with Crippen molar-refractivity contribution in [1.82, 2.24) is 5.32 Å². The van der Waals surface area contributed by atoms with Crippen molar-refractivity contribution >= 4 is 11.7 Å². The first-order valence-electron chi connectivity index (χ1n) is 7.86. The number of anilines is 1. The fraction of sp³-hybridized carbons (Fsp3) is 0.316. The van der Waals surface area contributed by atoms with Crippen molar-refractivity contribution in [3.05, 3.63) is 59.7 Å². The SMILES string of the molecule is COc1cccc(CCNC(=O)Nc2ccc(C(C)C)cc2)c1. The highest BCUT2D eigenvalue weighted by atomic mass is 16.5. The van der Waals surface area contributed by atoms with E-state index in [-0.39, 0.29) is 6.03 Å². The van der Waals surface area contributed by atoms with Crippen LogP contribution < -0.4 is 15.4 Å². The lowest BCUT2D eigenvalue weighted by Gasteiger charge is -2.10. The molecule has 122 valence electrons. The molecule has 0 spiro atoms. The van der Waals surface area contributed by atoms with Gasteiger partial charge in [-0.2, -0.15) is 0 Å². The number of carbonyl (C=O) groups is 1. The minimum Gasteiger partial charge on any atom is -0.497 e. The summed E-state index contributed by atoms with van der Waals surface area (Å²) < 4.78 is 5.19. The van der Waals surface area contributed by atoms with Gasteiger partial charge in [0.2, 0.25) is 0 Å². The number of urea groups is 1.